The van der Waals surface area contributed by atoms with Gasteiger partial charge in [-0.25, -0.2) is 9.79 Å². The lowest BCUT2D eigenvalue weighted by molar-refractivity contribution is -0.118. The van der Waals surface area contributed by atoms with E-state index in [2.05, 4.69) is 30.8 Å². The molecule has 2 atom stereocenters. The van der Waals surface area contributed by atoms with Crippen LogP contribution in [0.3, 0.4) is 0 Å². The molecule has 0 aliphatic carbocycles. The number of rotatable bonds is 4. The van der Waals surface area contributed by atoms with Crippen molar-refractivity contribution >= 4 is 34.2 Å². The monoisotopic (exact) mass is 424 g/mol. The van der Waals surface area contributed by atoms with Gasteiger partial charge in [0.25, 0.3) is 0 Å². The molecule has 0 spiro atoms. The number of H-pyrrole nitrogens is 1. The van der Waals surface area contributed by atoms with Gasteiger partial charge in [-0.15, -0.1) is 0 Å². The van der Waals surface area contributed by atoms with Crippen LogP contribution in [0.1, 0.15) is 18.5 Å². The minimum Gasteiger partial charge on any atom is -0.328 e. The van der Waals surface area contributed by atoms with Gasteiger partial charge in [-0.3, -0.25) is 14.9 Å². The van der Waals surface area contributed by atoms with Crippen molar-refractivity contribution in [3.63, 3.8) is 0 Å². The van der Waals surface area contributed by atoms with E-state index in [4.69, 9.17) is 0 Å². The van der Waals surface area contributed by atoms with Crippen LogP contribution >= 0.6 is 0 Å². The highest BCUT2D eigenvalue weighted by atomic mass is 16.2. The SMILES string of the molecule is CC1=NC(=O)NC(c2ccc(-c3ccccn3)cc2)C1C(=O)Nc1ccc2[nH]ncc2c1. The summed E-state index contributed by atoms with van der Waals surface area (Å²) >= 11 is 0. The van der Waals surface area contributed by atoms with Gasteiger partial charge < -0.3 is 10.6 Å². The molecule has 4 aromatic rings. The van der Waals surface area contributed by atoms with E-state index in [-0.39, 0.29) is 5.91 Å². The number of fused-ring (bicyclic) bond motifs is 1. The van der Waals surface area contributed by atoms with Crippen LogP contribution in [0.5, 0.6) is 0 Å². The van der Waals surface area contributed by atoms with Crippen molar-refractivity contribution in [3.8, 4) is 11.3 Å². The van der Waals surface area contributed by atoms with E-state index in [1.165, 1.54) is 0 Å². The first kappa shape index (κ1) is 19.6. The molecule has 3 N–H and O–H groups in total. The van der Waals surface area contributed by atoms with Crippen molar-refractivity contribution < 1.29 is 9.59 Å². The fourth-order valence-corrected chi connectivity index (χ4v) is 3.97. The molecule has 2 unspecified atom stereocenters. The number of aromatic nitrogens is 3. The van der Waals surface area contributed by atoms with Crippen LogP contribution in [0.2, 0.25) is 0 Å². The van der Waals surface area contributed by atoms with Crippen LogP contribution < -0.4 is 10.6 Å². The molecule has 0 saturated heterocycles. The molecule has 8 nitrogen and oxygen atoms in total. The molecular formula is C24H20N6O2. The number of nitrogens with one attached hydrogen (secondary N) is 3. The Labute approximate surface area is 183 Å². The largest absolute Gasteiger partial charge is 0.341 e. The summed E-state index contributed by atoms with van der Waals surface area (Å²) in [4.78, 5) is 33.7. The molecule has 0 radical (unpaired) electrons. The zero-order chi connectivity index (χ0) is 22.1. The van der Waals surface area contributed by atoms with Crippen molar-refractivity contribution in [2.24, 2.45) is 10.9 Å². The third-order valence-electron chi connectivity index (χ3n) is 5.56. The Hall–Kier alpha value is -4.33. The van der Waals surface area contributed by atoms with E-state index in [9.17, 15) is 9.59 Å². The number of nitrogens with zero attached hydrogens (tertiary/aromatic N) is 3. The van der Waals surface area contributed by atoms with Crippen LogP contribution in [0.4, 0.5) is 10.5 Å². The highest BCUT2D eigenvalue weighted by molar-refractivity contribution is 6.13. The average Bonchev–Trinajstić information content (AvgIpc) is 3.27. The normalized spacial score (nSPS) is 18.2. The minimum atomic E-state index is -0.645. The van der Waals surface area contributed by atoms with Crippen LogP contribution in [0.25, 0.3) is 22.2 Å². The molecule has 0 saturated carbocycles. The molecule has 2 aromatic carbocycles. The summed E-state index contributed by atoms with van der Waals surface area (Å²) in [5.74, 6) is -0.888. The Kier molecular flexibility index (Phi) is 4.95. The molecule has 1 aliphatic rings. The van der Waals surface area contributed by atoms with Gasteiger partial charge in [0, 0.05) is 28.5 Å². The Morgan fingerprint density at radius 2 is 1.91 bits per heavy atom. The first-order chi connectivity index (χ1) is 15.6. The smallest absolute Gasteiger partial charge is 0.328 e. The highest BCUT2D eigenvalue weighted by Crippen LogP contribution is 2.30. The Bertz CT molecular complexity index is 1330. The van der Waals surface area contributed by atoms with E-state index < -0.39 is 18.0 Å². The number of amides is 3. The predicted molar refractivity (Wildman–Crippen MR) is 122 cm³/mol. The average molecular weight is 424 g/mol. The predicted octanol–water partition coefficient (Wildman–Crippen LogP) is 4.11. The molecular weight excluding hydrogens is 404 g/mol. The quantitative estimate of drug-likeness (QED) is 0.458. The first-order valence-electron chi connectivity index (χ1n) is 10.2. The van der Waals surface area contributed by atoms with Gasteiger partial charge in [-0.1, -0.05) is 30.3 Å². The second-order valence-corrected chi connectivity index (χ2v) is 7.66. The lowest BCUT2D eigenvalue weighted by Gasteiger charge is -2.30. The summed E-state index contributed by atoms with van der Waals surface area (Å²) in [6.07, 6.45) is 3.44. The number of carbonyl (C=O) groups is 2. The maximum atomic E-state index is 13.3. The molecule has 8 heteroatoms. The zero-order valence-electron chi connectivity index (χ0n) is 17.2. The van der Waals surface area contributed by atoms with Crippen molar-refractivity contribution in [1.29, 1.82) is 0 Å². The molecule has 32 heavy (non-hydrogen) atoms. The summed E-state index contributed by atoms with van der Waals surface area (Å²) in [5, 5.41) is 13.6. The second-order valence-electron chi connectivity index (χ2n) is 7.66. The van der Waals surface area contributed by atoms with Gasteiger partial charge in [0.05, 0.1) is 23.4 Å². The van der Waals surface area contributed by atoms with Gasteiger partial charge in [0.1, 0.15) is 5.92 Å². The van der Waals surface area contributed by atoms with Crippen molar-refractivity contribution in [2.75, 3.05) is 5.32 Å². The third-order valence-corrected chi connectivity index (χ3v) is 5.56. The zero-order valence-corrected chi connectivity index (χ0v) is 17.2. The summed E-state index contributed by atoms with van der Waals surface area (Å²) in [7, 11) is 0. The molecule has 158 valence electrons. The maximum absolute atomic E-state index is 13.3. The number of aromatic amines is 1. The van der Waals surface area contributed by atoms with E-state index in [0.29, 0.717) is 11.4 Å². The van der Waals surface area contributed by atoms with Crippen molar-refractivity contribution in [2.45, 2.75) is 13.0 Å². The molecule has 3 heterocycles. The molecule has 1 aliphatic heterocycles. The summed E-state index contributed by atoms with van der Waals surface area (Å²) < 4.78 is 0. The number of carbonyl (C=O) groups excluding carboxylic acids is 2. The van der Waals surface area contributed by atoms with Gasteiger partial charge >= 0.3 is 6.03 Å². The molecule has 0 bridgehead atoms. The third kappa shape index (κ3) is 3.74. The Morgan fingerprint density at radius 3 is 2.69 bits per heavy atom. The van der Waals surface area contributed by atoms with E-state index in [1.54, 1.807) is 19.3 Å². The van der Waals surface area contributed by atoms with Gasteiger partial charge in [0.15, 0.2) is 0 Å². The van der Waals surface area contributed by atoms with Crippen LogP contribution in [0.15, 0.2) is 78.0 Å². The van der Waals surface area contributed by atoms with Crippen molar-refractivity contribution in [1.82, 2.24) is 20.5 Å². The standard InChI is InChI=1S/C24H20N6O2/c1-14-21(23(31)28-18-9-10-20-17(12-18)13-26-30-20)22(29-24(32)27-14)16-7-5-15(6-8-16)19-4-2-3-11-25-19/h2-13,21-22H,1H3,(H,26,30)(H,28,31)(H,29,32). The topological polar surface area (TPSA) is 112 Å². The van der Waals surface area contributed by atoms with Gasteiger partial charge in [-0.2, -0.15) is 5.10 Å². The van der Waals surface area contributed by atoms with Gasteiger partial charge in [-0.05, 0) is 42.8 Å². The van der Waals surface area contributed by atoms with Crippen LogP contribution in [-0.2, 0) is 4.79 Å². The molecule has 3 amide bonds. The van der Waals surface area contributed by atoms with E-state index in [0.717, 1.165) is 27.7 Å². The van der Waals surface area contributed by atoms with Gasteiger partial charge in [0.2, 0.25) is 5.91 Å². The van der Waals surface area contributed by atoms with E-state index >= 15 is 0 Å². The maximum Gasteiger partial charge on any atom is 0.341 e. The lowest BCUT2D eigenvalue weighted by Crippen LogP contribution is -2.45. The first-order valence-corrected chi connectivity index (χ1v) is 10.2. The number of aliphatic imine (C=N–C) groups is 1. The van der Waals surface area contributed by atoms with Crippen LogP contribution in [-0.4, -0.2) is 32.8 Å². The second kappa shape index (κ2) is 8.07. The molecule has 0 fully saturated rings. The molecule has 2 aromatic heterocycles. The number of benzene rings is 2. The summed E-state index contributed by atoms with van der Waals surface area (Å²) in [5.41, 5.74) is 4.63. The highest BCUT2D eigenvalue weighted by Gasteiger charge is 2.36. The fourth-order valence-electron chi connectivity index (χ4n) is 3.97. The molecule has 5 rings (SSSR count). The van der Waals surface area contributed by atoms with E-state index in [1.807, 2.05) is 60.7 Å². The number of pyridine rings is 1. The number of urea groups is 1. The summed E-state index contributed by atoms with van der Waals surface area (Å²) in [6.45, 7) is 1.71. The fraction of sp³-hybridized carbons (Fsp3) is 0.125. The number of hydrogen-bond donors (Lipinski definition) is 3. The number of anilines is 1. The Balaban J connectivity index is 1.43. The Morgan fingerprint density at radius 1 is 1.06 bits per heavy atom. The minimum absolute atomic E-state index is 0.243. The number of hydrogen-bond acceptors (Lipinski definition) is 4. The lowest BCUT2D eigenvalue weighted by atomic mass is 9.87. The van der Waals surface area contributed by atoms with Crippen LogP contribution in [0, 0.1) is 5.92 Å². The van der Waals surface area contributed by atoms with Crippen molar-refractivity contribution in [3.05, 3.63) is 78.6 Å². The summed E-state index contributed by atoms with van der Waals surface area (Å²) in [6, 6.07) is 17.9.